The molecule has 2 rings (SSSR count). The van der Waals surface area contributed by atoms with Crippen LogP contribution in [-0.2, 0) is 4.79 Å². The van der Waals surface area contributed by atoms with Crippen LogP contribution in [0, 0.1) is 23.1 Å². The minimum Gasteiger partial charge on any atom is -0.411 e. The molecule has 2 aromatic rings. The molecule has 24 heavy (non-hydrogen) atoms. The van der Waals surface area contributed by atoms with E-state index in [-0.39, 0.29) is 34.5 Å². The largest absolute Gasteiger partial charge is 0.411 e. The van der Waals surface area contributed by atoms with Gasteiger partial charge < -0.3 is 9.73 Å². The molecule has 8 heteroatoms. The lowest BCUT2D eigenvalue weighted by atomic mass is 9.90. The summed E-state index contributed by atoms with van der Waals surface area (Å²) in [6.07, 6.45) is 0. The van der Waals surface area contributed by atoms with E-state index in [1.54, 1.807) is 6.92 Å². The van der Waals surface area contributed by atoms with Crippen LogP contribution in [-0.4, -0.2) is 27.4 Å². The summed E-state index contributed by atoms with van der Waals surface area (Å²) in [6, 6.07) is 7.78. The smallest absolute Gasteiger partial charge is 0.277 e. The highest BCUT2D eigenvalue weighted by atomic mass is 32.2. The van der Waals surface area contributed by atoms with Crippen molar-refractivity contribution in [3.63, 3.8) is 0 Å². The summed E-state index contributed by atoms with van der Waals surface area (Å²) in [5.41, 5.74) is -0.330. The van der Waals surface area contributed by atoms with Crippen molar-refractivity contribution in [2.75, 3.05) is 5.75 Å². The molecule has 0 saturated carbocycles. The predicted octanol–water partition coefficient (Wildman–Crippen LogP) is 3.02. The van der Waals surface area contributed by atoms with Crippen LogP contribution in [0.3, 0.4) is 0 Å². The molecule has 0 aliphatic heterocycles. The molecular weight excluding hydrogens is 331 g/mol. The van der Waals surface area contributed by atoms with E-state index in [4.69, 9.17) is 4.42 Å². The number of carbonyl (C=O) groups excluding carboxylic acids is 1. The first-order valence-corrected chi connectivity index (χ1v) is 8.27. The van der Waals surface area contributed by atoms with Crippen molar-refractivity contribution in [2.24, 2.45) is 5.92 Å². The second kappa shape index (κ2) is 7.45. The molecule has 0 aliphatic carbocycles. The summed E-state index contributed by atoms with van der Waals surface area (Å²) in [7, 11) is 0. The minimum absolute atomic E-state index is 0.0232. The Labute approximate surface area is 143 Å². The van der Waals surface area contributed by atoms with Crippen LogP contribution in [0.4, 0.5) is 4.39 Å². The van der Waals surface area contributed by atoms with E-state index in [0.29, 0.717) is 5.56 Å². The third-order valence-corrected chi connectivity index (χ3v) is 4.43. The number of rotatable bonds is 6. The third-order valence-electron chi connectivity index (χ3n) is 3.61. The van der Waals surface area contributed by atoms with Crippen LogP contribution in [0.25, 0.3) is 11.5 Å². The molecule has 1 atom stereocenters. The van der Waals surface area contributed by atoms with Gasteiger partial charge in [-0.25, -0.2) is 4.39 Å². The number of benzene rings is 1. The Morgan fingerprint density at radius 1 is 1.42 bits per heavy atom. The molecule has 1 aromatic heterocycles. The lowest BCUT2D eigenvalue weighted by molar-refractivity contribution is -0.120. The normalized spacial score (nSPS) is 13.3. The highest BCUT2D eigenvalue weighted by Crippen LogP contribution is 2.23. The lowest BCUT2D eigenvalue weighted by Gasteiger charge is -2.27. The highest BCUT2D eigenvalue weighted by molar-refractivity contribution is 7.99. The van der Waals surface area contributed by atoms with Gasteiger partial charge in [-0.05, 0) is 37.1 Å². The zero-order valence-corrected chi connectivity index (χ0v) is 14.4. The number of hydrogen-bond acceptors (Lipinski definition) is 6. The molecular formula is C16H17FN4O2S. The monoisotopic (exact) mass is 348 g/mol. The van der Waals surface area contributed by atoms with Gasteiger partial charge in [0.1, 0.15) is 11.4 Å². The van der Waals surface area contributed by atoms with E-state index >= 15 is 0 Å². The van der Waals surface area contributed by atoms with Crippen LogP contribution in [0.2, 0.25) is 0 Å². The number of amides is 1. The molecule has 0 bridgehead atoms. The van der Waals surface area contributed by atoms with Crippen molar-refractivity contribution < 1.29 is 13.6 Å². The van der Waals surface area contributed by atoms with Crippen molar-refractivity contribution >= 4 is 17.7 Å². The van der Waals surface area contributed by atoms with Crippen molar-refractivity contribution in [3.8, 4) is 17.5 Å². The zero-order valence-electron chi connectivity index (χ0n) is 13.5. The number of carbonyl (C=O) groups is 1. The maximum atomic E-state index is 12.9. The van der Waals surface area contributed by atoms with Crippen molar-refractivity contribution in [3.05, 3.63) is 30.1 Å². The summed E-state index contributed by atoms with van der Waals surface area (Å²) in [5.74, 6) is -0.365. The average Bonchev–Trinajstić information content (AvgIpc) is 3.02. The van der Waals surface area contributed by atoms with Gasteiger partial charge in [0.15, 0.2) is 0 Å². The Kier molecular flexibility index (Phi) is 5.57. The van der Waals surface area contributed by atoms with Gasteiger partial charge in [0, 0.05) is 5.56 Å². The summed E-state index contributed by atoms with van der Waals surface area (Å²) in [6.45, 7) is 5.41. The topological polar surface area (TPSA) is 91.8 Å². The minimum atomic E-state index is -0.925. The fourth-order valence-electron chi connectivity index (χ4n) is 1.73. The molecule has 0 unspecified atom stereocenters. The standard InChI is InChI=1S/C16H17FN4O2S/c1-10(2)16(3,9-18)19-13(22)8-24-15-21-20-14(23-15)11-4-6-12(17)7-5-11/h4-7,10H,8H2,1-3H3,(H,19,22)/t16-/m1/s1. The van der Waals surface area contributed by atoms with E-state index in [2.05, 4.69) is 21.6 Å². The third kappa shape index (κ3) is 4.32. The summed E-state index contributed by atoms with van der Waals surface area (Å²) in [4.78, 5) is 12.0. The molecule has 126 valence electrons. The van der Waals surface area contributed by atoms with Crippen molar-refractivity contribution in [1.29, 1.82) is 5.26 Å². The Hall–Kier alpha value is -2.40. The van der Waals surface area contributed by atoms with Gasteiger partial charge in [-0.3, -0.25) is 4.79 Å². The van der Waals surface area contributed by atoms with Gasteiger partial charge in [-0.15, -0.1) is 10.2 Å². The Balaban J connectivity index is 1.95. The number of nitrogens with one attached hydrogen (secondary N) is 1. The number of halogens is 1. The zero-order chi connectivity index (χ0) is 17.7. The maximum Gasteiger partial charge on any atom is 0.277 e. The Morgan fingerprint density at radius 2 is 2.08 bits per heavy atom. The van der Waals surface area contributed by atoms with Crippen molar-refractivity contribution in [2.45, 2.75) is 31.5 Å². The number of nitriles is 1. The van der Waals surface area contributed by atoms with Crippen LogP contribution in [0.15, 0.2) is 33.9 Å². The van der Waals surface area contributed by atoms with Crippen LogP contribution >= 0.6 is 11.8 Å². The van der Waals surface area contributed by atoms with Gasteiger partial charge in [0.05, 0.1) is 11.8 Å². The summed E-state index contributed by atoms with van der Waals surface area (Å²) < 4.78 is 18.3. The molecule has 0 spiro atoms. The van der Waals surface area contributed by atoms with E-state index < -0.39 is 5.54 Å². The molecule has 6 nitrogen and oxygen atoms in total. The first-order chi connectivity index (χ1) is 11.3. The fraction of sp³-hybridized carbons (Fsp3) is 0.375. The van der Waals surface area contributed by atoms with E-state index in [9.17, 15) is 14.4 Å². The molecule has 1 N–H and O–H groups in total. The van der Waals surface area contributed by atoms with E-state index in [0.717, 1.165) is 11.8 Å². The van der Waals surface area contributed by atoms with Gasteiger partial charge in [-0.2, -0.15) is 5.26 Å². The highest BCUT2D eigenvalue weighted by Gasteiger charge is 2.30. The molecule has 1 amide bonds. The first-order valence-electron chi connectivity index (χ1n) is 7.28. The van der Waals surface area contributed by atoms with Gasteiger partial charge in [0.2, 0.25) is 11.8 Å². The number of nitrogens with zero attached hydrogens (tertiary/aromatic N) is 3. The summed E-state index contributed by atoms with van der Waals surface area (Å²) in [5, 5.41) is 19.8. The maximum absolute atomic E-state index is 12.9. The van der Waals surface area contributed by atoms with E-state index in [1.807, 2.05) is 13.8 Å². The van der Waals surface area contributed by atoms with E-state index in [1.165, 1.54) is 24.3 Å². The first kappa shape index (κ1) is 17.9. The Bertz CT molecular complexity index is 754. The average molecular weight is 348 g/mol. The molecule has 0 radical (unpaired) electrons. The quantitative estimate of drug-likeness (QED) is 0.807. The number of thioether (sulfide) groups is 1. The second-order valence-electron chi connectivity index (χ2n) is 5.69. The van der Waals surface area contributed by atoms with Gasteiger partial charge in [0.25, 0.3) is 5.22 Å². The molecule has 0 aliphatic rings. The molecule has 1 aromatic carbocycles. The predicted molar refractivity (Wildman–Crippen MR) is 87.4 cm³/mol. The van der Waals surface area contributed by atoms with Crippen LogP contribution < -0.4 is 5.32 Å². The molecule has 1 heterocycles. The van der Waals surface area contributed by atoms with Crippen molar-refractivity contribution in [1.82, 2.24) is 15.5 Å². The lowest BCUT2D eigenvalue weighted by Crippen LogP contribution is -2.49. The number of hydrogen-bond donors (Lipinski definition) is 1. The van der Waals surface area contributed by atoms with Crippen LogP contribution in [0.5, 0.6) is 0 Å². The second-order valence-corrected chi connectivity index (χ2v) is 6.61. The number of aromatic nitrogens is 2. The Morgan fingerprint density at radius 3 is 2.67 bits per heavy atom. The van der Waals surface area contributed by atoms with Gasteiger partial charge >= 0.3 is 0 Å². The SMILES string of the molecule is CC(C)[C@@](C)(C#N)NC(=O)CSc1nnc(-c2ccc(F)cc2)o1. The summed E-state index contributed by atoms with van der Waals surface area (Å²) >= 11 is 1.07. The van der Waals surface area contributed by atoms with Crippen LogP contribution in [0.1, 0.15) is 20.8 Å². The molecule has 0 saturated heterocycles. The van der Waals surface area contributed by atoms with Gasteiger partial charge in [-0.1, -0.05) is 25.6 Å². The molecule has 0 fully saturated rings. The fourth-order valence-corrected chi connectivity index (χ4v) is 2.29.